The van der Waals surface area contributed by atoms with Crippen LogP contribution < -0.4 is 5.32 Å². The fraction of sp³-hybridized carbons (Fsp3) is 0.533. The predicted octanol–water partition coefficient (Wildman–Crippen LogP) is 2.66. The van der Waals surface area contributed by atoms with Crippen LogP contribution in [0.15, 0.2) is 30.3 Å². The van der Waals surface area contributed by atoms with Gasteiger partial charge in [0, 0.05) is 5.75 Å². The van der Waals surface area contributed by atoms with E-state index >= 15 is 0 Å². The lowest BCUT2D eigenvalue weighted by Gasteiger charge is -2.31. The Balaban J connectivity index is 2.98. The van der Waals surface area contributed by atoms with Crippen molar-refractivity contribution in [1.29, 1.82) is 0 Å². The highest BCUT2D eigenvalue weighted by Gasteiger charge is 2.39. The zero-order valence-electron chi connectivity index (χ0n) is 12.1. The lowest BCUT2D eigenvalue weighted by molar-refractivity contribution is -0.147. The molecule has 1 atom stereocenters. The van der Waals surface area contributed by atoms with Gasteiger partial charge in [-0.25, -0.2) is 4.79 Å². The summed E-state index contributed by atoms with van der Waals surface area (Å²) in [5.74, 6) is 2.05. The summed E-state index contributed by atoms with van der Waals surface area (Å²) in [6, 6.07) is 9.75. The number of carbonyl (C=O) groups is 1. The molecular formula is C15H23NO2S. The van der Waals surface area contributed by atoms with Crippen LogP contribution in [0.3, 0.4) is 0 Å². The fourth-order valence-electron chi connectivity index (χ4n) is 1.92. The Morgan fingerprint density at radius 1 is 1.37 bits per heavy atom. The number of ether oxygens (including phenoxy) is 1. The molecule has 1 aromatic rings. The Kier molecular flexibility index (Phi) is 6.38. The number of rotatable bonds is 7. The van der Waals surface area contributed by atoms with Crippen LogP contribution in [-0.4, -0.2) is 31.6 Å². The number of hydrogen-bond acceptors (Lipinski definition) is 4. The van der Waals surface area contributed by atoms with Crippen LogP contribution >= 0.6 is 11.8 Å². The monoisotopic (exact) mass is 281 g/mol. The second kappa shape index (κ2) is 7.56. The normalized spacial score (nSPS) is 14.2. The minimum atomic E-state index is -0.768. The lowest BCUT2D eigenvalue weighted by Crippen LogP contribution is -2.50. The number of nitrogens with one attached hydrogen (secondary N) is 1. The maximum atomic E-state index is 12.2. The highest BCUT2D eigenvalue weighted by molar-refractivity contribution is 7.99. The van der Waals surface area contributed by atoms with Crippen LogP contribution in [0.5, 0.6) is 0 Å². The van der Waals surface area contributed by atoms with Crippen molar-refractivity contribution in [1.82, 2.24) is 5.32 Å². The van der Waals surface area contributed by atoms with E-state index in [0.717, 1.165) is 11.3 Å². The molecule has 19 heavy (non-hydrogen) atoms. The molecule has 0 saturated carbocycles. The van der Waals surface area contributed by atoms with E-state index in [1.54, 1.807) is 18.8 Å². The second-order valence-corrected chi connectivity index (χ2v) is 5.95. The number of methoxy groups -OCH3 is 1. The van der Waals surface area contributed by atoms with Crippen molar-refractivity contribution in [2.75, 3.05) is 25.7 Å². The van der Waals surface area contributed by atoms with Crippen LogP contribution in [0.2, 0.25) is 0 Å². The van der Waals surface area contributed by atoms with Crippen LogP contribution in [-0.2, 0) is 15.1 Å². The van der Waals surface area contributed by atoms with E-state index in [9.17, 15) is 4.79 Å². The third-order valence-electron chi connectivity index (χ3n) is 3.00. The molecule has 0 radical (unpaired) electrons. The summed E-state index contributed by atoms with van der Waals surface area (Å²) in [5.41, 5.74) is 0.177. The van der Waals surface area contributed by atoms with Crippen molar-refractivity contribution in [3.8, 4) is 0 Å². The molecule has 0 heterocycles. The molecule has 0 aliphatic carbocycles. The van der Waals surface area contributed by atoms with E-state index in [4.69, 9.17) is 4.74 Å². The minimum Gasteiger partial charge on any atom is -0.467 e. The van der Waals surface area contributed by atoms with E-state index in [0.29, 0.717) is 11.7 Å². The number of esters is 1. The highest BCUT2D eigenvalue weighted by atomic mass is 32.2. The van der Waals surface area contributed by atoms with Crippen LogP contribution in [0.4, 0.5) is 0 Å². The lowest BCUT2D eigenvalue weighted by atomic mass is 9.92. The number of carbonyl (C=O) groups excluding carboxylic acids is 1. The number of likely N-dealkylation sites (N-methyl/N-ethyl adjacent to an activating group) is 1. The van der Waals surface area contributed by atoms with Gasteiger partial charge in [-0.15, -0.1) is 0 Å². The van der Waals surface area contributed by atoms with Gasteiger partial charge in [-0.3, -0.25) is 0 Å². The Hall–Kier alpha value is -1.00. The van der Waals surface area contributed by atoms with Gasteiger partial charge in [0.1, 0.15) is 0 Å². The SMILES string of the molecule is CNC(CSCC(C)C)(C(=O)OC)c1ccccc1. The number of thioether (sulfide) groups is 1. The molecule has 4 heteroatoms. The molecule has 0 saturated heterocycles. The molecular weight excluding hydrogens is 258 g/mol. The maximum Gasteiger partial charge on any atom is 0.331 e. The Bertz CT molecular complexity index is 394. The molecule has 1 aromatic carbocycles. The molecule has 1 unspecified atom stereocenters. The molecule has 0 amide bonds. The average molecular weight is 281 g/mol. The molecule has 0 aromatic heterocycles. The van der Waals surface area contributed by atoms with Crippen molar-refractivity contribution >= 4 is 17.7 Å². The maximum absolute atomic E-state index is 12.2. The first-order chi connectivity index (χ1) is 9.06. The second-order valence-electron chi connectivity index (χ2n) is 4.92. The van der Waals surface area contributed by atoms with E-state index in [2.05, 4.69) is 19.2 Å². The van der Waals surface area contributed by atoms with Gasteiger partial charge >= 0.3 is 5.97 Å². The van der Waals surface area contributed by atoms with Crippen molar-refractivity contribution in [2.24, 2.45) is 5.92 Å². The Morgan fingerprint density at radius 3 is 2.47 bits per heavy atom. The summed E-state index contributed by atoms with van der Waals surface area (Å²) in [4.78, 5) is 12.2. The van der Waals surface area contributed by atoms with Crippen molar-refractivity contribution in [3.05, 3.63) is 35.9 Å². The molecule has 1 N–H and O–H groups in total. The zero-order chi connectivity index (χ0) is 14.3. The molecule has 0 aliphatic heterocycles. The van der Waals surface area contributed by atoms with Gasteiger partial charge in [0.05, 0.1) is 7.11 Å². The number of hydrogen-bond donors (Lipinski definition) is 1. The summed E-state index contributed by atoms with van der Waals surface area (Å²) in [5, 5.41) is 3.16. The van der Waals surface area contributed by atoms with E-state index < -0.39 is 5.54 Å². The van der Waals surface area contributed by atoms with Crippen molar-refractivity contribution < 1.29 is 9.53 Å². The van der Waals surface area contributed by atoms with Gasteiger partial charge in [0.15, 0.2) is 5.54 Å². The van der Waals surface area contributed by atoms with Crippen LogP contribution in [0, 0.1) is 5.92 Å². The standard InChI is InChI=1S/C15H23NO2S/c1-12(2)10-19-11-15(16-3,14(17)18-4)13-8-6-5-7-9-13/h5-9,12,16H,10-11H2,1-4H3. The first-order valence-electron chi connectivity index (χ1n) is 6.47. The molecule has 0 spiro atoms. The zero-order valence-corrected chi connectivity index (χ0v) is 12.9. The quantitative estimate of drug-likeness (QED) is 0.780. The smallest absolute Gasteiger partial charge is 0.331 e. The fourth-order valence-corrected chi connectivity index (χ4v) is 3.25. The predicted molar refractivity (Wildman–Crippen MR) is 81.4 cm³/mol. The Labute approximate surface area is 120 Å². The molecule has 0 bridgehead atoms. The summed E-state index contributed by atoms with van der Waals surface area (Å²) in [6.45, 7) is 4.35. The van der Waals surface area contributed by atoms with Gasteiger partial charge in [0.2, 0.25) is 0 Å². The third-order valence-corrected chi connectivity index (χ3v) is 4.54. The topological polar surface area (TPSA) is 38.3 Å². The molecule has 3 nitrogen and oxygen atoms in total. The van der Waals surface area contributed by atoms with Crippen molar-refractivity contribution in [3.63, 3.8) is 0 Å². The van der Waals surface area contributed by atoms with Gasteiger partial charge in [-0.1, -0.05) is 44.2 Å². The third kappa shape index (κ3) is 3.98. The van der Waals surface area contributed by atoms with Crippen LogP contribution in [0.25, 0.3) is 0 Å². The molecule has 0 fully saturated rings. The first-order valence-corrected chi connectivity index (χ1v) is 7.63. The van der Waals surface area contributed by atoms with E-state index in [-0.39, 0.29) is 5.97 Å². The average Bonchev–Trinajstić information content (AvgIpc) is 2.43. The minimum absolute atomic E-state index is 0.238. The summed E-state index contributed by atoms with van der Waals surface area (Å²) >= 11 is 1.77. The van der Waals surface area contributed by atoms with E-state index in [1.165, 1.54) is 7.11 Å². The molecule has 106 valence electrons. The first kappa shape index (κ1) is 16.1. The summed E-state index contributed by atoms with van der Waals surface area (Å²) in [6.07, 6.45) is 0. The Morgan fingerprint density at radius 2 is 2.00 bits per heavy atom. The van der Waals surface area contributed by atoms with Gasteiger partial charge in [0.25, 0.3) is 0 Å². The van der Waals surface area contributed by atoms with E-state index in [1.807, 2.05) is 30.3 Å². The highest BCUT2D eigenvalue weighted by Crippen LogP contribution is 2.27. The van der Waals surface area contributed by atoms with Gasteiger partial charge in [-0.2, -0.15) is 11.8 Å². The summed E-state index contributed by atoms with van der Waals surface area (Å²) in [7, 11) is 3.24. The molecule has 0 aliphatic rings. The largest absolute Gasteiger partial charge is 0.467 e. The molecule has 1 rings (SSSR count). The summed E-state index contributed by atoms with van der Waals surface area (Å²) < 4.78 is 5.00. The van der Waals surface area contributed by atoms with Gasteiger partial charge < -0.3 is 10.1 Å². The van der Waals surface area contributed by atoms with Crippen molar-refractivity contribution in [2.45, 2.75) is 19.4 Å². The number of benzene rings is 1. The van der Waals surface area contributed by atoms with Crippen LogP contribution in [0.1, 0.15) is 19.4 Å². The van der Waals surface area contributed by atoms with Gasteiger partial charge in [-0.05, 0) is 24.3 Å².